The second kappa shape index (κ2) is 10.6. The Morgan fingerprint density at radius 2 is 1.53 bits per heavy atom. The van der Waals surface area contributed by atoms with Gasteiger partial charge in [0.1, 0.15) is 0 Å². The van der Waals surface area contributed by atoms with Crippen molar-refractivity contribution in [2.24, 2.45) is 0 Å². The first kappa shape index (κ1) is 16.9. The largest absolute Gasteiger partial charge is 0.469 e. The first-order valence-corrected chi connectivity index (χ1v) is 8.94. The Morgan fingerprint density at radius 1 is 0.947 bits per heavy atom. The van der Waals surface area contributed by atoms with E-state index in [1.54, 1.807) is 0 Å². The van der Waals surface area contributed by atoms with Crippen molar-refractivity contribution in [1.82, 2.24) is 0 Å². The highest BCUT2D eigenvalue weighted by Gasteiger charge is 2.35. The van der Waals surface area contributed by atoms with Gasteiger partial charge in [-0.15, -0.1) is 0 Å². The second-order valence-corrected chi connectivity index (χ2v) is 7.07. The molecule has 19 heavy (non-hydrogen) atoms. The molecule has 3 heteroatoms. The molecule has 0 N–H and O–H groups in total. The van der Waals surface area contributed by atoms with Gasteiger partial charge in [0.2, 0.25) is 0 Å². The van der Waals surface area contributed by atoms with Crippen LogP contribution in [0.1, 0.15) is 77.6 Å². The molecule has 0 aliphatic carbocycles. The Labute approximate surface area is 123 Å². The molecule has 2 atom stereocenters. The Bertz CT molecular complexity index is 243. The van der Waals surface area contributed by atoms with Crippen molar-refractivity contribution >= 4 is 17.7 Å². The molecule has 0 saturated carbocycles. The van der Waals surface area contributed by atoms with Crippen LogP contribution in [0.15, 0.2) is 0 Å². The van der Waals surface area contributed by atoms with Crippen molar-refractivity contribution in [3.8, 4) is 0 Å². The molecule has 0 aromatic heterocycles. The summed E-state index contributed by atoms with van der Waals surface area (Å²) in [6, 6.07) is 0. The van der Waals surface area contributed by atoms with Crippen LogP contribution in [0.4, 0.5) is 0 Å². The van der Waals surface area contributed by atoms with Gasteiger partial charge in [-0.05, 0) is 19.3 Å². The fourth-order valence-electron chi connectivity index (χ4n) is 2.57. The van der Waals surface area contributed by atoms with Crippen LogP contribution < -0.4 is 0 Å². The van der Waals surface area contributed by atoms with E-state index >= 15 is 0 Å². The van der Waals surface area contributed by atoms with Crippen molar-refractivity contribution in [2.45, 2.75) is 88.1 Å². The maximum absolute atomic E-state index is 10.9. The van der Waals surface area contributed by atoms with Crippen LogP contribution in [0, 0.1) is 0 Å². The fraction of sp³-hybridized carbons (Fsp3) is 0.938. The minimum absolute atomic E-state index is 0.0661. The zero-order chi connectivity index (χ0) is 13.9. The van der Waals surface area contributed by atoms with E-state index in [1.165, 1.54) is 64.9 Å². The van der Waals surface area contributed by atoms with Crippen LogP contribution in [-0.4, -0.2) is 23.6 Å². The minimum atomic E-state index is -0.0661. The fourth-order valence-corrected chi connectivity index (χ4v) is 3.88. The zero-order valence-electron chi connectivity index (χ0n) is 12.7. The Morgan fingerprint density at radius 3 is 2.16 bits per heavy atom. The third-order valence-electron chi connectivity index (χ3n) is 3.86. The topological polar surface area (TPSA) is 26.3 Å². The number of carbonyl (C=O) groups excluding carboxylic acids is 1. The second-order valence-electron chi connectivity index (χ2n) is 5.59. The number of esters is 1. The molecular weight excluding hydrogens is 256 g/mol. The van der Waals surface area contributed by atoms with Crippen LogP contribution >= 0.6 is 11.8 Å². The number of unbranched alkanes of at least 4 members (excludes halogenated alkanes) is 6. The molecule has 1 rings (SSSR count). The van der Waals surface area contributed by atoms with Crippen molar-refractivity contribution in [3.05, 3.63) is 0 Å². The molecule has 1 aliphatic heterocycles. The average molecular weight is 286 g/mol. The lowest BCUT2D eigenvalue weighted by Crippen LogP contribution is -1.99. The van der Waals surface area contributed by atoms with Crippen LogP contribution in [0.5, 0.6) is 0 Å². The molecule has 0 amide bonds. The number of rotatable bonds is 12. The number of methoxy groups -OCH3 is 1. The first-order valence-electron chi connectivity index (χ1n) is 8.00. The highest BCUT2D eigenvalue weighted by molar-refractivity contribution is 8.07. The van der Waals surface area contributed by atoms with Gasteiger partial charge in [-0.3, -0.25) is 4.79 Å². The van der Waals surface area contributed by atoms with Crippen molar-refractivity contribution < 1.29 is 9.53 Å². The summed E-state index contributed by atoms with van der Waals surface area (Å²) >= 11 is 2.20. The molecule has 0 aromatic rings. The molecule has 112 valence electrons. The summed E-state index contributed by atoms with van der Waals surface area (Å²) in [5.41, 5.74) is 0. The standard InChI is InChI=1S/C16H30O2S/c1-3-11-14-15(19-14)12-9-7-5-4-6-8-10-13-16(17)18-2/h14-15H,3-13H2,1-2H3. The molecule has 1 heterocycles. The smallest absolute Gasteiger partial charge is 0.305 e. The van der Waals surface area contributed by atoms with Gasteiger partial charge in [0, 0.05) is 16.9 Å². The number of hydrogen-bond acceptors (Lipinski definition) is 3. The highest BCUT2D eigenvalue weighted by atomic mass is 32.2. The van der Waals surface area contributed by atoms with Crippen molar-refractivity contribution in [1.29, 1.82) is 0 Å². The molecule has 1 saturated heterocycles. The van der Waals surface area contributed by atoms with E-state index < -0.39 is 0 Å². The van der Waals surface area contributed by atoms with Gasteiger partial charge in [-0.2, -0.15) is 11.8 Å². The van der Waals surface area contributed by atoms with Crippen LogP contribution in [0.25, 0.3) is 0 Å². The maximum atomic E-state index is 10.9. The summed E-state index contributed by atoms with van der Waals surface area (Å²) in [7, 11) is 1.46. The Hall–Kier alpha value is -0.180. The maximum Gasteiger partial charge on any atom is 0.305 e. The summed E-state index contributed by atoms with van der Waals surface area (Å²) in [4.78, 5) is 10.9. The quantitative estimate of drug-likeness (QED) is 0.288. The number of hydrogen-bond donors (Lipinski definition) is 0. The normalized spacial score (nSPS) is 21.4. The van der Waals surface area contributed by atoms with Gasteiger partial charge in [0.15, 0.2) is 0 Å². The lowest BCUT2D eigenvalue weighted by molar-refractivity contribution is -0.140. The summed E-state index contributed by atoms with van der Waals surface area (Å²) in [5, 5.41) is 2.00. The SMILES string of the molecule is CCCC1SC1CCCCCCCCCC(=O)OC. The van der Waals surface area contributed by atoms with Crippen LogP contribution in [0.3, 0.4) is 0 Å². The molecule has 0 aromatic carbocycles. The van der Waals surface area contributed by atoms with E-state index in [2.05, 4.69) is 23.4 Å². The van der Waals surface area contributed by atoms with Gasteiger partial charge < -0.3 is 4.74 Å². The molecule has 0 spiro atoms. The highest BCUT2D eigenvalue weighted by Crippen LogP contribution is 2.47. The monoisotopic (exact) mass is 286 g/mol. The lowest BCUT2D eigenvalue weighted by atomic mass is 10.0. The average Bonchev–Trinajstić information content (AvgIpc) is 3.15. The number of carbonyl (C=O) groups is 1. The summed E-state index contributed by atoms with van der Waals surface area (Å²) < 4.78 is 4.62. The summed E-state index contributed by atoms with van der Waals surface area (Å²) in [5.74, 6) is -0.0661. The van der Waals surface area contributed by atoms with Crippen molar-refractivity contribution in [3.63, 3.8) is 0 Å². The van der Waals surface area contributed by atoms with Gasteiger partial charge in [-0.1, -0.05) is 51.9 Å². The lowest BCUT2D eigenvalue weighted by Gasteiger charge is -2.02. The van der Waals surface area contributed by atoms with Crippen LogP contribution in [-0.2, 0) is 9.53 Å². The molecule has 0 bridgehead atoms. The van der Waals surface area contributed by atoms with E-state index in [9.17, 15) is 4.79 Å². The van der Waals surface area contributed by atoms with E-state index in [4.69, 9.17) is 0 Å². The molecule has 1 fully saturated rings. The minimum Gasteiger partial charge on any atom is -0.469 e. The Balaban J connectivity index is 1.74. The predicted octanol–water partition coefficient (Wildman–Crippen LogP) is 4.95. The third-order valence-corrected chi connectivity index (χ3v) is 5.37. The number of thioether (sulfide) groups is 1. The van der Waals surface area contributed by atoms with Gasteiger partial charge >= 0.3 is 5.97 Å². The van der Waals surface area contributed by atoms with Crippen LogP contribution in [0.2, 0.25) is 0 Å². The molecule has 2 unspecified atom stereocenters. The predicted molar refractivity (Wildman–Crippen MR) is 83.6 cm³/mol. The van der Waals surface area contributed by atoms with Gasteiger partial charge in [0.25, 0.3) is 0 Å². The first-order chi connectivity index (χ1) is 9.27. The zero-order valence-corrected chi connectivity index (χ0v) is 13.5. The molecule has 0 radical (unpaired) electrons. The van der Waals surface area contributed by atoms with E-state index in [1.807, 2.05) is 0 Å². The molecule has 2 nitrogen and oxygen atoms in total. The van der Waals surface area contributed by atoms with E-state index in [-0.39, 0.29) is 5.97 Å². The van der Waals surface area contributed by atoms with Gasteiger partial charge in [0.05, 0.1) is 7.11 Å². The molecular formula is C16H30O2S. The summed E-state index contributed by atoms with van der Waals surface area (Å²) in [6.07, 6.45) is 13.8. The third kappa shape index (κ3) is 8.56. The summed E-state index contributed by atoms with van der Waals surface area (Å²) in [6.45, 7) is 2.29. The van der Waals surface area contributed by atoms with Crippen molar-refractivity contribution in [2.75, 3.05) is 7.11 Å². The molecule has 1 aliphatic rings. The van der Waals surface area contributed by atoms with E-state index in [0.29, 0.717) is 6.42 Å². The van der Waals surface area contributed by atoms with Gasteiger partial charge in [-0.25, -0.2) is 0 Å². The Kier molecular flexibility index (Phi) is 9.40. The van der Waals surface area contributed by atoms with E-state index in [0.717, 1.165) is 16.9 Å². The number of ether oxygens (including phenoxy) is 1.